The third-order valence-corrected chi connectivity index (χ3v) is 17.2. The Morgan fingerprint density at radius 2 is 0.545 bits per heavy atom. The molecule has 0 amide bonds. The van der Waals surface area contributed by atoms with Crippen LogP contribution in [0.15, 0.2) is 279 Å². The number of esters is 2. The van der Waals surface area contributed by atoms with Gasteiger partial charge in [-0.25, -0.2) is 9.59 Å². The number of carbonyl (C=O) groups excluding carboxylic acids is 2. The summed E-state index contributed by atoms with van der Waals surface area (Å²) in [6, 6.07) is 87.4. The molecule has 10 aromatic carbocycles. The Bertz CT molecular complexity index is 3820. The zero-order valence-electron chi connectivity index (χ0n) is 56.3. The van der Waals surface area contributed by atoms with Crippen LogP contribution in [0.5, 0.6) is 23.0 Å². The fourth-order valence-electron chi connectivity index (χ4n) is 11.9. The Kier molecular flexibility index (Phi) is 25.9. The largest absolute Gasteiger partial charge is 0.497 e. The van der Waals surface area contributed by atoms with E-state index >= 15 is 0 Å². The SMILES string of the molecule is COc1ccc(C(=O)OC[C@H]2O[C@H](O[C@H]3O[C@H](COC(=O)c4ccc(OC)cc4OCc4ccccc4)[C@@H](OCc4ccccc4)[C@H](OCc4ccccc4)[C@H]3OCc3ccccc3)[C@H](OCc3ccccc3)[C@@H](OCc3ccccc3)[C@@H]2OCc2ccccc2)c(OCc2ccccc2)c1. The third kappa shape index (κ3) is 20.1. The number of ether oxygens (including phenoxy) is 15. The predicted molar refractivity (Wildman–Crippen MR) is 377 cm³/mol. The third-order valence-electron chi connectivity index (χ3n) is 17.2. The lowest BCUT2D eigenvalue weighted by atomic mass is 9.96. The maximum Gasteiger partial charge on any atom is 0.342 e. The maximum atomic E-state index is 14.9. The van der Waals surface area contributed by atoms with Crippen LogP contribution in [0, 0.1) is 0 Å². The van der Waals surface area contributed by atoms with Crippen molar-refractivity contribution in [3.8, 4) is 23.0 Å². The molecule has 10 aromatic rings. The van der Waals surface area contributed by atoms with E-state index in [1.165, 1.54) is 0 Å². The minimum absolute atomic E-state index is 0.0624. The van der Waals surface area contributed by atoms with Gasteiger partial charge >= 0.3 is 11.9 Å². The summed E-state index contributed by atoms with van der Waals surface area (Å²) in [6.07, 6.45) is -11.5. The van der Waals surface area contributed by atoms with Crippen LogP contribution in [0.2, 0.25) is 0 Å². The van der Waals surface area contributed by atoms with Gasteiger partial charge in [-0.15, -0.1) is 0 Å². The van der Waals surface area contributed by atoms with E-state index in [1.54, 1.807) is 50.6 Å². The summed E-state index contributed by atoms with van der Waals surface area (Å²) in [5.41, 5.74) is 7.18. The molecule has 101 heavy (non-hydrogen) atoms. The van der Waals surface area contributed by atoms with E-state index in [2.05, 4.69) is 0 Å². The first-order valence-corrected chi connectivity index (χ1v) is 33.7. The fraction of sp³-hybridized carbons (Fsp3) is 0.262. The van der Waals surface area contributed by atoms with Crippen molar-refractivity contribution in [1.82, 2.24) is 0 Å². The number of methoxy groups -OCH3 is 2. The highest BCUT2D eigenvalue weighted by Gasteiger charge is 2.55. The first-order valence-electron chi connectivity index (χ1n) is 33.7. The molecule has 0 bridgehead atoms. The predicted octanol–water partition coefficient (Wildman–Crippen LogP) is 14.9. The van der Waals surface area contributed by atoms with Gasteiger partial charge in [0.25, 0.3) is 0 Å². The summed E-state index contributed by atoms with van der Waals surface area (Å²) in [5, 5.41) is 0. The topological polar surface area (TPSA) is 173 Å². The number of rotatable bonds is 34. The van der Waals surface area contributed by atoms with Gasteiger partial charge in [0, 0.05) is 12.1 Å². The summed E-state index contributed by atoms with van der Waals surface area (Å²) in [6.45, 7) is 0.0422. The van der Waals surface area contributed by atoms with Crippen molar-refractivity contribution in [2.75, 3.05) is 27.4 Å². The molecule has 2 aliphatic heterocycles. The van der Waals surface area contributed by atoms with E-state index in [0.717, 1.165) is 44.5 Å². The first kappa shape index (κ1) is 70.8. The molecule has 17 heteroatoms. The summed E-state index contributed by atoms with van der Waals surface area (Å²) < 4.78 is 102. The highest BCUT2D eigenvalue weighted by Crippen LogP contribution is 2.38. The van der Waals surface area contributed by atoms with E-state index < -0.39 is 86.6 Å². The van der Waals surface area contributed by atoms with Crippen molar-refractivity contribution < 1.29 is 80.6 Å². The number of carbonyl (C=O) groups is 2. The molecule has 0 N–H and O–H groups in total. The Balaban J connectivity index is 0.947. The summed E-state index contributed by atoms with van der Waals surface area (Å²) in [7, 11) is 3.08. The summed E-state index contributed by atoms with van der Waals surface area (Å²) in [5.74, 6) is 0.00798. The van der Waals surface area contributed by atoms with Gasteiger partial charge in [-0.05, 0) is 68.8 Å². The van der Waals surface area contributed by atoms with Crippen LogP contribution in [0.25, 0.3) is 0 Å². The van der Waals surface area contributed by atoms with Crippen molar-refractivity contribution in [1.29, 1.82) is 0 Å². The summed E-state index contributed by atoms with van der Waals surface area (Å²) >= 11 is 0. The average Bonchev–Trinajstić information content (AvgIpc) is 0.772. The van der Waals surface area contributed by atoms with E-state index in [0.29, 0.717) is 11.5 Å². The minimum Gasteiger partial charge on any atom is -0.497 e. The normalized spacial score (nSPS) is 20.3. The molecule has 520 valence electrons. The Hall–Kier alpha value is -10.0. The van der Waals surface area contributed by atoms with Gasteiger partial charge in [-0.2, -0.15) is 0 Å². The van der Waals surface area contributed by atoms with Gasteiger partial charge in [0.1, 0.15) is 109 Å². The lowest BCUT2D eigenvalue weighted by molar-refractivity contribution is -0.393. The van der Waals surface area contributed by atoms with Crippen molar-refractivity contribution in [3.63, 3.8) is 0 Å². The Labute approximate surface area is 589 Å². The highest BCUT2D eigenvalue weighted by molar-refractivity contribution is 5.93. The fourth-order valence-corrected chi connectivity index (χ4v) is 11.9. The van der Waals surface area contributed by atoms with E-state index in [4.69, 9.17) is 71.1 Å². The molecule has 2 aliphatic rings. The lowest BCUT2D eigenvalue weighted by Gasteiger charge is -2.49. The second-order valence-corrected chi connectivity index (χ2v) is 24.3. The maximum absolute atomic E-state index is 14.9. The zero-order chi connectivity index (χ0) is 69.2. The molecule has 12 rings (SSSR count). The van der Waals surface area contributed by atoms with E-state index in [9.17, 15) is 9.59 Å². The molecule has 0 unspecified atom stereocenters. The number of benzene rings is 10. The number of hydrogen-bond donors (Lipinski definition) is 0. The first-order chi connectivity index (χ1) is 49.8. The second kappa shape index (κ2) is 36.9. The Morgan fingerprint density at radius 3 is 0.812 bits per heavy atom. The average molecular weight is 1360 g/mol. The smallest absolute Gasteiger partial charge is 0.342 e. The minimum atomic E-state index is -1.44. The van der Waals surface area contributed by atoms with Crippen molar-refractivity contribution in [2.45, 2.75) is 114 Å². The van der Waals surface area contributed by atoms with Gasteiger partial charge < -0.3 is 71.1 Å². The molecule has 2 heterocycles. The van der Waals surface area contributed by atoms with Gasteiger partial charge in [-0.1, -0.05) is 243 Å². The molecule has 17 nitrogen and oxygen atoms in total. The van der Waals surface area contributed by atoms with E-state index in [-0.39, 0.29) is 75.5 Å². The van der Waals surface area contributed by atoms with E-state index in [1.807, 2.05) is 243 Å². The molecule has 10 atom stereocenters. The second-order valence-electron chi connectivity index (χ2n) is 24.3. The van der Waals surface area contributed by atoms with Crippen LogP contribution < -0.4 is 18.9 Å². The standard InChI is InChI=1S/C84H82O17/c1-87-67-43-45-69(71(47-67)89-49-59-27-11-3-12-28-59)81(85)97-57-73-75(91-51-61-31-15-5-16-32-61)77(93-53-63-35-19-7-20-36-63)79(95-55-65-39-23-9-24-40-65)83(99-73)101-84-80(96-56-66-41-25-10-26-42-66)78(94-54-64-37-21-8-22-38-64)76(92-52-62-33-17-6-18-34-62)74(100-84)58-98-82(86)70-46-44-68(88-2)48-72(70)90-50-60-29-13-4-14-30-60/h3-48,73-80,83-84H,49-58H2,1-2H3/t73-,74-,75-,76-,77+,78+,79-,80-,83-,84-/m1/s1. The van der Waals surface area contributed by atoms with Gasteiger partial charge in [0.2, 0.25) is 0 Å². The highest BCUT2D eigenvalue weighted by atomic mass is 16.8. The molecule has 2 fully saturated rings. The van der Waals surface area contributed by atoms with Crippen LogP contribution in [0.3, 0.4) is 0 Å². The quantitative estimate of drug-likeness (QED) is 0.0348. The van der Waals surface area contributed by atoms with Gasteiger partial charge in [0.15, 0.2) is 12.6 Å². The molecule has 0 radical (unpaired) electrons. The molecular weight excluding hydrogens is 1280 g/mol. The molecular formula is C84H82O17. The zero-order valence-corrected chi connectivity index (χ0v) is 56.3. The van der Waals surface area contributed by atoms with Crippen LogP contribution in [-0.2, 0) is 105 Å². The Morgan fingerprint density at radius 1 is 0.297 bits per heavy atom. The molecule has 2 saturated heterocycles. The van der Waals surface area contributed by atoms with Crippen LogP contribution in [-0.4, -0.2) is 101 Å². The van der Waals surface area contributed by atoms with Crippen molar-refractivity contribution >= 4 is 11.9 Å². The molecule has 0 saturated carbocycles. The van der Waals surface area contributed by atoms with Crippen molar-refractivity contribution in [3.05, 3.63) is 335 Å². The van der Waals surface area contributed by atoms with Crippen LogP contribution in [0.4, 0.5) is 0 Å². The van der Waals surface area contributed by atoms with Gasteiger partial charge in [-0.3, -0.25) is 0 Å². The lowest BCUT2D eigenvalue weighted by Crippen LogP contribution is -2.66. The molecule has 0 spiro atoms. The monoisotopic (exact) mass is 1360 g/mol. The number of hydrogen-bond acceptors (Lipinski definition) is 17. The summed E-state index contributed by atoms with van der Waals surface area (Å²) in [4.78, 5) is 29.7. The van der Waals surface area contributed by atoms with Crippen LogP contribution >= 0.6 is 0 Å². The van der Waals surface area contributed by atoms with Crippen LogP contribution in [0.1, 0.15) is 65.2 Å². The van der Waals surface area contributed by atoms with Gasteiger partial charge in [0.05, 0.1) is 53.9 Å². The molecule has 0 aromatic heterocycles. The van der Waals surface area contributed by atoms with Crippen molar-refractivity contribution in [2.24, 2.45) is 0 Å². The molecule has 0 aliphatic carbocycles.